The average Bonchev–Trinajstić information content (AvgIpc) is 3.53. The molecular formula is C25H23N3O5S3. The Balaban J connectivity index is 1.27. The first kappa shape index (κ1) is 24.6. The number of benzene rings is 2. The zero-order valence-corrected chi connectivity index (χ0v) is 21.8. The second-order valence-electron chi connectivity index (χ2n) is 8.42. The predicted octanol–water partition coefficient (Wildman–Crippen LogP) is 4.53. The van der Waals surface area contributed by atoms with Gasteiger partial charge in [-0.05, 0) is 53.6 Å². The van der Waals surface area contributed by atoms with Gasteiger partial charge in [-0.15, -0.1) is 11.3 Å². The zero-order valence-electron chi connectivity index (χ0n) is 19.3. The number of nitrogens with one attached hydrogen (secondary N) is 1. The van der Waals surface area contributed by atoms with Crippen LogP contribution in [0.1, 0.15) is 29.2 Å². The Morgan fingerprint density at radius 3 is 2.81 bits per heavy atom. The Kier molecular flexibility index (Phi) is 6.89. The lowest BCUT2D eigenvalue weighted by molar-refractivity contribution is -0.148. The van der Waals surface area contributed by atoms with Crippen molar-refractivity contribution in [1.82, 2.24) is 9.29 Å². The van der Waals surface area contributed by atoms with Crippen molar-refractivity contribution in [3.63, 3.8) is 0 Å². The maximum Gasteiger partial charge on any atom is 0.308 e. The van der Waals surface area contributed by atoms with Crippen LogP contribution >= 0.6 is 22.7 Å². The molecule has 0 aliphatic carbocycles. The first-order chi connectivity index (χ1) is 17.3. The number of carbonyl (C=O) groups is 2. The van der Waals surface area contributed by atoms with Crippen molar-refractivity contribution in [3.8, 4) is 0 Å². The smallest absolute Gasteiger partial charge is 0.308 e. The molecule has 1 atom stereocenters. The van der Waals surface area contributed by atoms with Crippen molar-refractivity contribution in [1.29, 1.82) is 0 Å². The van der Waals surface area contributed by atoms with E-state index in [1.807, 2.05) is 49.4 Å². The first-order valence-corrected chi connectivity index (χ1v) is 14.4. The summed E-state index contributed by atoms with van der Waals surface area (Å²) in [6, 6.07) is 15.8. The second kappa shape index (κ2) is 10.1. The number of carbonyl (C=O) groups excluding carboxylic acids is 2. The summed E-state index contributed by atoms with van der Waals surface area (Å²) in [6.45, 7) is 1.75. The number of esters is 1. The highest BCUT2D eigenvalue weighted by atomic mass is 32.2. The molecule has 0 saturated carbocycles. The fourth-order valence-electron chi connectivity index (χ4n) is 4.26. The van der Waals surface area contributed by atoms with E-state index in [-0.39, 0.29) is 17.2 Å². The van der Waals surface area contributed by atoms with Gasteiger partial charge in [0, 0.05) is 6.54 Å². The van der Waals surface area contributed by atoms with Crippen LogP contribution in [-0.4, -0.2) is 42.7 Å². The minimum atomic E-state index is -3.79. The Hall–Kier alpha value is -3.12. The molecule has 4 aromatic rings. The predicted molar refractivity (Wildman–Crippen MR) is 140 cm³/mol. The Bertz CT molecular complexity index is 1530. The maximum absolute atomic E-state index is 13.3. The van der Waals surface area contributed by atoms with Crippen molar-refractivity contribution < 1.29 is 22.7 Å². The molecule has 0 saturated heterocycles. The third-order valence-electron chi connectivity index (χ3n) is 5.94. The molecule has 1 amide bonds. The molecule has 1 aliphatic rings. The second-order valence-corrected chi connectivity index (χ2v) is 12.5. The fourth-order valence-corrected chi connectivity index (χ4v) is 7.96. The van der Waals surface area contributed by atoms with Crippen molar-refractivity contribution in [2.24, 2.45) is 0 Å². The van der Waals surface area contributed by atoms with E-state index in [0.717, 1.165) is 38.2 Å². The number of aromatic nitrogens is 1. The molecule has 36 heavy (non-hydrogen) atoms. The summed E-state index contributed by atoms with van der Waals surface area (Å²) < 4.78 is 34.4. The molecule has 0 spiro atoms. The first-order valence-electron chi connectivity index (χ1n) is 11.3. The summed E-state index contributed by atoms with van der Waals surface area (Å²) >= 11 is 2.48. The lowest BCUT2D eigenvalue weighted by atomic mass is 9.92. The normalized spacial score (nSPS) is 16.0. The molecule has 0 bridgehead atoms. The number of aryl methyl sites for hydroxylation is 1. The standard InChI is InChI=1S/C25H23N3O5S3/c1-16-8-9-19-21(13-16)35-25(26-19)27-22(29)15-33-23(30)14-20-18-6-3-2-5-17(18)10-11-28(20)36(31,32)24-7-4-12-34-24/h2-9,12-13,20H,10-11,14-15H2,1H3,(H,26,27,29). The molecular weight excluding hydrogens is 518 g/mol. The summed E-state index contributed by atoms with van der Waals surface area (Å²) in [4.78, 5) is 29.6. The van der Waals surface area contributed by atoms with E-state index in [4.69, 9.17) is 4.74 Å². The summed E-state index contributed by atoms with van der Waals surface area (Å²) in [5.41, 5.74) is 3.64. The zero-order chi connectivity index (χ0) is 25.3. The van der Waals surface area contributed by atoms with Gasteiger partial charge in [0.05, 0.1) is 22.7 Å². The molecule has 2 aromatic carbocycles. The summed E-state index contributed by atoms with van der Waals surface area (Å²) in [5.74, 6) is -1.16. The number of hydrogen-bond acceptors (Lipinski definition) is 8. The van der Waals surface area contributed by atoms with Crippen LogP contribution in [0.3, 0.4) is 0 Å². The van der Waals surface area contributed by atoms with Crippen LogP contribution in [0.15, 0.2) is 64.2 Å². The van der Waals surface area contributed by atoms with Crippen molar-refractivity contribution in [3.05, 3.63) is 76.7 Å². The number of thiophene rings is 1. The lowest BCUT2D eigenvalue weighted by Crippen LogP contribution is -2.41. The average molecular weight is 542 g/mol. The molecule has 1 N–H and O–H groups in total. The summed E-state index contributed by atoms with van der Waals surface area (Å²) in [7, 11) is -3.79. The molecule has 0 radical (unpaired) electrons. The number of hydrogen-bond donors (Lipinski definition) is 1. The van der Waals surface area contributed by atoms with Gasteiger partial charge in [0.1, 0.15) is 4.21 Å². The highest BCUT2D eigenvalue weighted by Gasteiger charge is 2.38. The number of nitrogens with zero attached hydrogens (tertiary/aromatic N) is 2. The van der Waals surface area contributed by atoms with Crippen molar-refractivity contribution >= 4 is 59.9 Å². The van der Waals surface area contributed by atoms with Crippen LogP contribution in [-0.2, 0) is 30.8 Å². The van der Waals surface area contributed by atoms with E-state index in [1.165, 1.54) is 15.6 Å². The number of sulfonamides is 1. The minimum Gasteiger partial charge on any atom is -0.456 e. The van der Waals surface area contributed by atoms with Gasteiger partial charge in [-0.3, -0.25) is 14.9 Å². The highest BCUT2D eigenvalue weighted by molar-refractivity contribution is 7.91. The number of anilines is 1. The molecule has 5 rings (SSSR count). The molecule has 2 aromatic heterocycles. The largest absolute Gasteiger partial charge is 0.456 e. The van der Waals surface area contributed by atoms with Crippen molar-refractivity contribution in [2.75, 3.05) is 18.5 Å². The van der Waals surface area contributed by atoms with Crippen LogP contribution < -0.4 is 5.32 Å². The molecule has 186 valence electrons. The SMILES string of the molecule is Cc1ccc2nc(NC(=O)COC(=O)CC3c4ccccc4CCN3S(=O)(=O)c3cccs3)sc2c1. The highest BCUT2D eigenvalue weighted by Crippen LogP contribution is 2.37. The van der Waals surface area contributed by atoms with Crippen LogP contribution in [0, 0.1) is 6.92 Å². The number of fused-ring (bicyclic) bond motifs is 2. The van der Waals surface area contributed by atoms with Crippen molar-refractivity contribution in [2.45, 2.75) is 30.0 Å². The molecule has 0 fully saturated rings. The van der Waals surface area contributed by atoms with E-state index < -0.39 is 34.5 Å². The van der Waals surface area contributed by atoms with E-state index >= 15 is 0 Å². The molecule has 3 heterocycles. The third kappa shape index (κ3) is 5.05. The van der Waals surface area contributed by atoms with Gasteiger partial charge in [0.25, 0.3) is 15.9 Å². The van der Waals surface area contributed by atoms with Gasteiger partial charge in [-0.2, -0.15) is 4.31 Å². The monoisotopic (exact) mass is 541 g/mol. The fraction of sp³-hybridized carbons (Fsp3) is 0.240. The Morgan fingerprint density at radius 2 is 2.00 bits per heavy atom. The van der Waals surface area contributed by atoms with E-state index in [1.54, 1.807) is 17.5 Å². The summed E-state index contributed by atoms with van der Waals surface area (Å²) in [6.07, 6.45) is 0.353. The lowest BCUT2D eigenvalue weighted by Gasteiger charge is -2.35. The number of rotatable bonds is 7. The van der Waals surface area contributed by atoms with Gasteiger partial charge in [-0.1, -0.05) is 47.7 Å². The molecule has 1 unspecified atom stereocenters. The van der Waals surface area contributed by atoms with Gasteiger partial charge in [0.2, 0.25) is 0 Å². The Morgan fingerprint density at radius 1 is 1.17 bits per heavy atom. The molecule has 8 nitrogen and oxygen atoms in total. The summed E-state index contributed by atoms with van der Waals surface area (Å²) in [5, 5.41) is 4.79. The van der Waals surface area contributed by atoms with E-state index in [2.05, 4.69) is 10.3 Å². The van der Waals surface area contributed by atoms with Gasteiger partial charge in [0.15, 0.2) is 11.7 Å². The maximum atomic E-state index is 13.3. The number of ether oxygens (including phenoxy) is 1. The van der Waals surface area contributed by atoms with E-state index in [9.17, 15) is 18.0 Å². The molecule has 1 aliphatic heterocycles. The van der Waals surface area contributed by atoms with Crippen LogP contribution in [0.5, 0.6) is 0 Å². The van der Waals surface area contributed by atoms with Gasteiger partial charge in [-0.25, -0.2) is 13.4 Å². The van der Waals surface area contributed by atoms with Gasteiger partial charge >= 0.3 is 5.97 Å². The van der Waals surface area contributed by atoms with E-state index in [0.29, 0.717) is 11.6 Å². The topological polar surface area (TPSA) is 106 Å². The Labute approximate surface area is 216 Å². The van der Waals surface area contributed by atoms with Crippen LogP contribution in [0.4, 0.5) is 5.13 Å². The number of amides is 1. The van der Waals surface area contributed by atoms with Crippen LogP contribution in [0.2, 0.25) is 0 Å². The third-order valence-corrected chi connectivity index (χ3v) is 10.2. The minimum absolute atomic E-state index is 0.199. The van der Waals surface area contributed by atoms with Gasteiger partial charge < -0.3 is 4.74 Å². The molecule has 11 heteroatoms. The number of thiazole rings is 1. The quantitative estimate of drug-likeness (QED) is 0.345. The van der Waals surface area contributed by atoms with Crippen LogP contribution in [0.25, 0.3) is 10.2 Å².